The van der Waals surface area contributed by atoms with Gasteiger partial charge in [-0.15, -0.1) is 0 Å². The van der Waals surface area contributed by atoms with Gasteiger partial charge in [0.2, 0.25) is 10.0 Å². The number of nitrogens with one attached hydrogen (secondary N) is 1. The van der Waals surface area contributed by atoms with Gasteiger partial charge in [-0.2, -0.15) is 0 Å². The van der Waals surface area contributed by atoms with Crippen LogP contribution >= 0.6 is 0 Å². The fourth-order valence-corrected chi connectivity index (χ4v) is 3.95. The molecule has 0 aliphatic rings. The molecule has 1 N–H and O–H groups in total. The van der Waals surface area contributed by atoms with Crippen molar-refractivity contribution < 1.29 is 22.7 Å². The lowest BCUT2D eigenvalue weighted by atomic mass is 10.2. The second kappa shape index (κ2) is 10.4. The van der Waals surface area contributed by atoms with Crippen molar-refractivity contribution in [2.24, 2.45) is 5.92 Å². The van der Waals surface area contributed by atoms with Crippen LogP contribution in [0.2, 0.25) is 0 Å². The molecular formula is C22H30N2O5S. The number of nitrogens with zero attached hydrogens (tertiary/aromatic N) is 1. The maximum Gasteiger partial charge on any atom is 0.260 e. The minimum absolute atomic E-state index is 0.134. The van der Waals surface area contributed by atoms with Gasteiger partial charge in [0.1, 0.15) is 11.5 Å². The average molecular weight is 435 g/mol. The minimum Gasteiger partial charge on any atom is -0.497 e. The fraction of sp³-hybridized carbons (Fsp3) is 0.409. The minimum atomic E-state index is -3.57. The average Bonchev–Trinajstić information content (AvgIpc) is 2.71. The number of likely N-dealkylation sites (N-methyl/N-ethyl adjacent to an activating group) is 1. The van der Waals surface area contributed by atoms with E-state index in [1.54, 1.807) is 38.1 Å². The van der Waals surface area contributed by atoms with Crippen LogP contribution in [0.25, 0.3) is 0 Å². The smallest absolute Gasteiger partial charge is 0.260 e. The number of hydrogen-bond acceptors (Lipinski definition) is 5. The van der Waals surface area contributed by atoms with Crippen molar-refractivity contribution in [3.63, 3.8) is 0 Å². The predicted molar refractivity (Wildman–Crippen MR) is 116 cm³/mol. The number of aryl methyl sites for hydroxylation is 1. The topological polar surface area (TPSA) is 84.9 Å². The Balaban J connectivity index is 1.95. The molecule has 0 aromatic heterocycles. The summed E-state index contributed by atoms with van der Waals surface area (Å²) in [4.78, 5) is 14.2. The Kier molecular flexibility index (Phi) is 8.25. The molecule has 0 atom stereocenters. The van der Waals surface area contributed by atoms with Crippen molar-refractivity contribution in [3.8, 4) is 11.5 Å². The molecule has 0 unspecified atom stereocenters. The number of rotatable bonds is 10. The Morgan fingerprint density at radius 3 is 2.37 bits per heavy atom. The van der Waals surface area contributed by atoms with E-state index in [2.05, 4.69) is 4.72 Å². The summed E-state index contributed by atoms with van der Waals surface area (Å²) < 4.78 is 38.0. The summed E-state index contributed by atoms with van der Waals surface area (Å²) in [7, 11) is -0.256. The molecule has 0 radical (unpaired) electrons. The lowest BCUT2D eigenvalue weighted by Gasteiger charge is -2.18. The third kappa shape index (κ3) is 6.74. The molecule has 0 spiro atoms. The molecule has 1 amide bonds. The SMILES string of the molecule is COc1ccc(CN(C)C(=O)COc2ccc(S(=O)(=O)NCC(C)C)cc2C)cc1. The summed E-state index contributed by atoms with van der Waals surface area (Å²) in [6.45, 7) is 6.31. The standard InChI is InChI=1S/C22H30N2O5S/c1-16(2)13-23-30(26,27)20-10-11-21(17(3)12-20)29-15-22(25)24(4)14-18-6-8-19(28-5)9-7-18/h6-12,16,23H,13-15H2,1-5H3. The van der Waals surface area contributed by atoms with E-state index in [0.29, 0.717) is 24.4 Å². The van der Waals surface area contributed by atoms with Crippen LogP contribution in [0.4, 0.5) is 0 Å². The zero-order valence-corrected chi connectivity index (χ0v) is 19.0. The summed E-state index contributed by atoms with van der Waals surface area (Å²) >= 11 is 0. The summed E-state index contributed by atoms with van der Waals surface area (Å²) in [6, 6.07) is 12.1. The van der Waals surface area contributed by atoms with Crippen molar-refractivity contribution in [3.05, 3.63) is 53.6 Å². The summed E-state index contributed by atoms with van der Waals surface area (Å²) in [5, 5.41) is 0. The van der Waals surface area contributed by atoms with Crippen molar-refractivity contribution in [2.75, 3.05) is 27.3 Å². The van der Waals surface area contributed by atoms with Crippen molar-refractivity contribution in [2.45, 2.75) is 32.2 Å². The number of amides is 1. The predicted octanol–water partition coefficient (Wildman–Crippen LogP) is 2.98. The molecule has 0 heterocycles. The first-order valence-corrected chi connectivity index (χ1v) is 11.2. The van der Waals surface area contributed by atoms with E-state index in [4.69, 9.17) is 9.47 Å². The van der Waals surface area contributed by atoms with Gasteiger partial charge in [0.15, 0.2) is 6.61 Å². The highest BCUT2D eigenvalue weighted by Crippen LogP contribution is 2.22. The van der Waals surface area contributed by atoms with Gasteiger partial charge < -0.3 is 14.4 Å². The van der Waals surface area contributed by atoms with E-state index >= 15 is 0 Å². The van der Waals surface area contributed by atoms with Crippen LogP contribution in [0.5, 0.6) is 11.5 Å². The van der Waals surface area contributed by atoms with Gasteiger partial charge in [-0.1, -0.05) is 26.0 Å². The molecule has 0 saturated heterocycles. The second-order valence-corrected chi connectivity index (χ2v) is 9.33. The van der Waals surface area contributed by atoms with Gasteiger partial charge in [-0.3, -0.25) is 4.79 Å². The van der Waals surface area contributed by atoms with Gasteiger partial charge >= 0.3 is 0 Å². The molecule has 0 saturated carbocycles. The molecule has 0 aliphatic carbocycles. The normalized spacial score (nSPS) is 11.4. The van der Waals surface area contributed by atoms with Gasteiger partial charge in [0, 0.05) is 20.1 Å². The molecule has 2 aromatic carbocycles. The zero-order chi connectivity index (χ0) is 22.3. The van der Waals surface area contributed by atoms with Gasteiger partial charge in [-0.05, 0) is 54.3 Å². The molecule has 0 bridgehead atoms. The van der Waals surface area contributed by atoms with Crippen LogP contribution in [0.1, 0.15) is 25.0 Å². The van der Waals surface area contributed by atoms with Crippen LogP contribution in [0.3, 0.4) is 0 Å². The Hall–Kier alpha value is -2.58. The summed E-state index contributed by atoms with van der Waals surface area (Å²) in [5.74, 6) is 1.27. The van der Waals surface area contributed by atoms with Crippen LogP contribution in [0, 0.1) is 12.8 Å². The lowest BCUT2D eigenvalue weighted by molar-refractivity contribution is -0.132. The fourth-order valence-electron chi connectivity index (χ4n) is 2.65. The number of benzene rings is 2. The third-order valence-electron chi connectivity index (χ3n) is 4.49. The Labute approximate surface area is 179 Å². The maximum atomic E-state index is 12.4. The van der Waals surface area contributed by atoms with Crippen LogP contribution in [0.15, 0.2) is 47.4 Å². The summed E-state index contributed by atoms with van der Waals surface area (Å²) in [5.41, 5.74) is 1.62. The van der Waals surface area contributed by atoms with Crippen molar-refractivity contribution in [1.29, 1.82) is 0 Å². The monoisotopic (exact) mass is 434 g/mol. The van der Waals surface area contributed by atoms with Gasteiger partial charge in [-0.25, -0.2) is 13.1 Å². The van der Waals surface area contributed by atoms with Crippen LogP contribution in [-0.2, 0) is 21.4 Å². The highest BCUT2D eigenvalue weighted by molar-refractivity contribution is 7.89. The third-order valence-corrected chi connectivity index (χ3v) is 5.92. The van der Waals surface area contributed by atoms with E-state index in [-0.39, 0.29) is 23.3 Å². The first-order valence-electron chi connectivity index (χ1n) is 9.72. The van der Waals surface area contributed by atoms with Crippen molar-refractivity contribution >= 4 is 15.9 Å². The molecule has 0 fully saturated rings. The quantitative estimate of drug-likeness (QED) is 0.621. The largest absolute Gasteiger partial charge is 0.497 e. The highest BCUT2D eigenvalue weighted by Gasteiger charge is 2.17. The number of sulfonamides is 1. The van der Waals surface area contributed by atoms with E-state index in [1.165, 1.54) is 6.07 Å². The molecule has 7 nitrogen and oxygen atoms in total. The molecule has 8 heteroatoms. The molecule has 0 aliphatic heterocycles. The Morgan fingerprint density at radius 1 is 1.13 bits per heavy atom. The zero-order valence-electron chi connectivity index (χ0n) is 18.1. The van der Waals surface area contributed by atoms with E-state index in [1.807, 2.05) is 38.1 Å². The summed E-state index contributed by atoms with van der Waals surface area (Å²) in [6.07, 6.45) is 0. The Bertz CT molecular complexity index is 956. The number of hydrogen-bond donors (Lipinski definition) is 1. The first kappa shape index (κ1) is 23.7. The lowest BCUT2D eigenvalue weighted by Crippen LogP contribution is -2.31. The van der Waals surface area contributed by atoms with E-state index in [0.717, 1.165) is 11.3 Å². The van der Waals surface area contributed by atoms with Gasteiger partial charge in [0.25, 0.3) is 5.91 Å². The number of methoxy groups -OCH3 is 1. The molecule has 30 heavy (non-hydrogen) atoms. The van der Waals surface area contributed by atoms with Crippen molar-refractivity contribution in [1.82, 2.24) is 9.62 Å². The van der Waals surface area contributed by atoms with Gasteiger partial charge in [0.05, 0.1) is 12.0 Å². The van der Waals surface area contributed by atoms with E-state index in [9.17, 15) is 13.2 Å². The van der Waals surface area contributed by atoms with Crippen LogP contribution in [-0.4, -0.2) is 46.5 Å². The van der Waals surface area contributed by atoms with Crippen LogP contribution < -0.4 is 14.2 Å². The molecule has 2 aromatic rings. The maximum absolute atomic E-state index is 12.4. The second-order valence-electron chi connectivity index (χ2n) is 7.56. The molecule has 2 rings (SSSR count). The first-order chi connectivity index (χ1) is 14.1. The number of carbonyl (C=O) groups excluding carboxylic acids is 1. The Morgan fingerprint density at radius 2 is 1.80 bits per heavy atom. The molecular weight excluding hydrogens is 404 g/mol. The highest BCUT2D eigenvalue weighted by atomic mass is 32.2. The number of ether oxygens (including phenoxy) is 2. The van der Waals surface area contributed by atoms with E-state index < -0.39 is 10.0 Å². The molecule has 164 valence electrons. The number of carbonyl (C=O) groups is 1.